The lowest BCUT2D eigenvalue weighted by molar-refractivity contribution is -0.384. The van der Waals surface area contributed by atoms with E-state index >= 15 is 0 Å². The molecule has 1 fully saturated rings. The Morgan fingerprint density at radius 2 is 1.68 bits per heavy atom. The van der Waals surface area contributed by atoms with E-state index in [9.17, 15) is 34.9 Å². The number of fused-ring (bicyclic) bond motifs is 6. The van der Waals surface area contributed by atoms with Gasteiger partial charge in [0.2, 0.25) is 5.88 Å². The first kappa shape index (κ1) is 22.3. The van der Waals surface area contributed by atoms with Crippen molar-refractivity contribution in [3.05, 3.63) is 97.1 Å². The van der Waals surface area contributed by atoms with E-state index in [4.69, 9.17) is 4.74 Å². The molecule has 0 radical (unpaired) electrons. The maximum Gasteiger partial charge on any atom is 0.415 e. The van der Waals surface area contributed by atoms with Crippen LogP contribution in [-0.4, -0.2) is 41.6 Å². The lowest BCUT2D eigenvalue weighted by Gasteiger charge is -2.26. The fourth-order valence-corrected chi connectivity index (χ4v) is 5.28. The zero-order chi connectivity index (χ0) is 26.0. The second kappa shape index (κ2) is 7.91. The van der Waals surface area contributed by atoms with Gasteiger partial charge in [0, 0.05) is 30.1 Å². The van der Waals surface area contributed by atoms with E-state index in [1.807, 2.05) is 0 Å². The van der Waals surface area contributed by atoms with Crippen molar-refractivity contribution in [3.8, 4) is 17.3 Å². The van der Waals surface area contributed by atoms with Gasteiger partial charge in [-0.05, 0) is 30.7 Å². The Labute approximate surface area is 206 Å². The van der Waals surface area contributed by atoms with E-state index in [-0.39, 0.29) is 40.9 Å². The lowest BCUT2D eigenvalue weighted by atomic mass is 10.1. The molecule has 1 aromatic heterocycles. The number of rotatable bonds is 4. The number of aromatic nitrogens is 2. The Balaban J connectivity index is 1.36. The van der Waals surface area contributed by atoms with Gasteiger partial charge in [-0.2, -0.15) is 0 Å². The van der Waals surface area contributed by atoms with Crippen LogP contribution in [0.3, 0.4) is 0 Å². The molecule has 0 saturated carbocycles. The summed E-state index contributed by atoms with van der Waals surface area (Å²) in [5.74, 6) is -0.237. The highest BCUT2D eigenvalue weighted by Crippen LogP contribution is 2.49. The summed E-state index contributed by atoms with van der Waals surface area (Å²) in [6.07, 6.45) is -0.303. The molecular formula is C24H17N5O8. The van der Waals surface area contributed by atoms with Crippen molar-refractivity contribution in [1.82, 2.24) is 14.0 Å². The first-order valence-corrected chi connectivity index (χ1v) is 11.2. The van der Waals surface area contributed by atoms with Crippen molar-refractivity contribution in [3.63, 3.8) is 0 Å². The van der Waals surface area contributed by atoms with Gasteiger partial charge in [0.25, 0.3) is 11.4 Å². The monoisotopic (exact) mass is 503 g/mol. The molecule has 0 spiro atoms. The van der Waals surface area contributed by atoms with Crippen LogP contribution in [0.15, 0.2) is 65.5 Å². The molecule has 1 saturated heterocycles. The predicted molar refractivity (Wildman–Crippen MR) is 128 cm³/mol. The van der Waals surface area contributed by atoms with Crippen LogP contribution in [0.2, 0.25) is 0 Å². The van der Waals surface area contributed by atoms with Crippen molar-refractivity contribution in [2.24, 2.45) is 0 Å². The maximum atomic E-state index is 13.4. The van der Waals surface area contributed by atoms with Crippen LogP contribution < -0.4 is 10.4 Å². The molecule has 6 rings (SSSR count). The Bertz CT molecular complexity index is 1690. The standard InChI is InChI=1S/C24H17N5O8/c30-22-21-20-11-14(12-25(20)24(32)37-15-7-5-13(6-8-15)28(33)34)26(21)23(31)27(22)18-9-10-19(29(35)36)17-4-2-1-3-16(17)18/h1-10,14,20,30H,11-12H2/t14-,20-/m0/s1. The summed E-state index contributed by atoms with van der Waals surface area (Å²) in [5.41, 5.74) is -0.246. The van der Waals surface area contributed by atoms with Crippen molar-refractivity contribution in [1.29, 1.82) is 0 Å². The van der Waals surface area contributed by atoms with Crippen molar-refractivity contribution in [2.75, 3.05) is 6.54 Å². The second-order valence-corrected chi connectivity index (χ2v) is 8.78. The van der Waals surface area contributed by atoms with Crippen LogP contribution in [0.1, 0.15) is 24.2 Å². The average Bonchev–Trinajstić information content (AvgIpc) is 3.55. The third kappa shape index (κ3) is 3.24. The molecule has 2 bridgehead atoms. The third-order valence-corrected chi connectivity index (χ3v) is 6.86. The highest BCUT2D eigenvalue weighted by atomic mass is 16.6. The quantitative estimate of drug-likeness (QED) is 0.324. The van der Waals surface area contributed by atoms with Crippen LogP contribution in [0, 0.1) is 20.2 Å². The van der Waals surface area contributed by atoms with E-state index in [1.165, 1.54) is 45.9 Å². The number of amides is 1. The number of nitrogens with zero attached hydrogens (tertiary/aromatic N) is 5. The normalized spacial score (nSPS) is 17.7. The molecule has 13 heteroatoms. The van der Waals surface area contributed by atoms with Crippen LogP contribution in [0.25, 0.3) is 16.5 Å². The number of carbonyl (C=O) groups is 1. The van der Waals surface area contributed by atoms with Crippen LogP contribution in [0.5, 0.6) is 11.6 Å². The highest BCUT2D eigenvalue weighted by Gasteiger charge is 2.50. The molecule has 0 aliphatic carbocycles. The van der Waals surface area contributed by atoms with Gasteiger partial charge < -0.3 is 9.84 Å². The van der Waals surface area contributed by atoms with Gasteiger partial charge in [0.05, 0.1) is 33.0 Å². The van der Waals surface area contributed by atoms with Crippen molar-refractivity contribution < 1.29 is 24.5 Å². The number of non-ortho nitro benzene ring substituents is 2. The minimum Gasteiger partial charge on any atom is -0.493 e. The zero-order valence-corrected chi connectivity index (χ0v) is 18.9. The third-order valence-electron chi connectivity index (χ3n) is 6.86. The van der Waals surface area contributed by atoms with Crippen LogP contribution >= 0.6 is 0 Å². The zero-order valence-electron chi connectivity index (χ0n) is 18.9. The molecule has 2 aliphatic rings. The number of benzene rings is 3. The Hall–Kier alpha value is -5.20. The molecule has 2 atom stereocenters. The Kier molecular flexibility index (Phi) is 4.76. The maximum absolute atomic E-state index is 13.4. The summed E-state index contributed by atoms with van der Waals surface area (Å²) in [4.78, 5) is 49.0. The number of imidazole rings is 1. The van der Waals surface area contributed by atoms with E-state index < -0.39 is 33.7 Å². The number of carbonyl (C=O) groups excluding carboxylic acids is 1. The summed E-state index contributed by atoms with van der Waals surface area (Å²) in [7, 11) is 0. The predicted octanol–water partition coefficient (Wildman–Crippen LogP) is 3.81. The summed E-state index contributed by atoms with van der Waals surface area (Å²) in [6, 6.07) is 13.3. The molecule has 186 valence electrons. The van der Waals surface area contributed by atoms with Gasteiger partial charge in [-0.15, -0.1) is 0 Å². The molecule has 0 unspecified atom stereocenters. The molecule has 3 heterocycles. The number of hydrogen-bond donors (Lipinski definition) is 1. The van der Waals surface area contributed by atoms with Gasteiger partial charge in [0.15, 0.2) is 0 Å². The fourth-order valence-electron chi connectivity index (χ4n) is 5.28. The van der Waals surface area contributed by atoms with Crippen molar-refractivity contribution >= 4 is 28.2 Å². The topological polar surface area (TPSA) is 163 Å². The molecule has 2 aliphatic heterocycles. The number of aromatic hydroxyl groups is 1. The lowest BCUT2D eigenvalue weighted by Crippen LogP contribution is -2.39. The number of nitro benzene ring substituents is 2. The fraction of sp³-hybridized carbons (Fsp3) is 0.167. The summed E-state index contributed by atoms with van der Waals surface area (Å²) >= 11 is 0. The van der Waals surface area contributed by atoms with Gasteiger partial charge in [-0.3, -0.25) is 29.7 Å². The minimum atomic E-state index is -0.715. The molecule has 1 amide bonds. The number of likely N-dealkylation sites (tertiary alicyclic amines) is 1. The molecule has 3 aromatic carbocycles. The van der Waals surface area contributed by atoms with E-state index in [0.29, 0.717) is 17.2 Å². The van der Waals surface area contributed by atoms with E-state index in [0.717, 1.165) is 4.57 Å². The highest BCUT2D eigenvalue weighted by molar-refractivity contribution is 5.97. The van der Waals surface area contributed by atoms with Gasteiger partial charge in [-0.25, -0.2) is 14.2 Å². The van der Waals surface area contributed by atoms with Gasteiger partial charge in [0.1, 0.15) is 11.4 Å². The van der Waals surface area contributed by atoms with Crippen LogP contribution in [0.4, 0.5) is 16.2 Å². The first-order chi connectivity index (χ1) is 17.8. The van der Waals surface area contributed by atoms with E-state index in [2.05, 4.69) is 0 Å². The van der Waals surface area contributed by atoms with Crippen molar-refractivity contribution in [2.45, 2.75) is 18.5 Å². The summed E-state index contributed by atoms with van der Waals surface area (Å²) in [6.45, 7) is 0.174. The average molecular weight is 503 g/mol. The Morgan fingerprint density at radius 3 is 2.35 bits per heavy atom. The van der Waals surface area contributed by atoms with Crippen LogP contribution in [-0.2, 0) is 0 Å². The number of nitro groups is 2. The smallest absolute Gasteiger partial charge is 0.415 e. The Morgan fingerprint density at radius 1 is 0.973 bits per heavy atom. The summed E-state index contributed by atoms with van der Waals surface area (Å²) in [5, 5.41) is 34.2. The van der Waals surface area contributed by atoms with Gasteiger partial charge >= 0.3 is 11.8 Å². The molecule has 37 heavy (non-hydrogen) atoms. The molecule has 1 N–H and O–H groups in total. The molecular weight excluding hydrogens is 486 g/mol. The minimum absolute atomic E-state index is 0.120. The first-order valence-electron chi connectivity index (χ1n) is 11.2. The van der Waals surface area contributed by atoms with E-state index in [1.54, 1.807) is 24.3 Å². The summed E-state index contributed by atoms with van der Waals surface area (Å²) < 4.78 is 7.93. The number of hydrogen-bond acceptors (Lipinski definition) is 8. The number of ether oxygens (including phenoxy) is 1. The molecule has 13 nitrogen and oxygen atoms in total. The second-order valence-electron chi connectivity index (χ2n) is 8.78. The largest absolute Gasteiger partial charge is 0.493 e. The SMILES string of the molecule is O=C(Oc1ccc([N+](=O)[O-])cc1)N1C[C@@H]2C[C@H]1c1c(O)n(-c3ccc([N+](=O)[O-])c4ccccc34)c(=O)n12. The van der Waals surface area contributed by atoms with Gasteiger partial charge in [-0.1, -0.05) is 18.2 Å². The molecule has 4 aromatic rings.